The van der Waals surface area contributed by atoms with Crippen molar-refractivity contribution >= 4 is 44.8 Å². The quantitative estimate of drug-likeness (QED) is 0.714. The molecule has 2 unspecified atom stereocenters. The Morgan fingerprint density at radius 3 is 2.53 bits per heavy atom. The van der Waals surface area contributed by atoms with E-state index in [0.29, 0.717) is 12.1 Å². The lowest BCUT2D eigenvalue weighted by Crippen LogP contribution is -2.46. The van der Waals surface area contributed by atoms with Gasteiger partial charge in [0.05, 0.1) is 8.66 Å². The highest BCUT2D eigenvalue weighted by atomic mass is 79.9. The summed E-state index contributed by atoms with van der Waals surface area (Å²) in [6.45, 7) is 0. The smallest absolute Gasteiger partial charge is 0.264 e. The molecule has 1 amide bonds. The zero-order valence-corrected chi connectivity index (χ0v) is 12.4. The highest BCUT2D eigenvalue weighted by molar-refractivity contribution is 9.11. The van der Waals surface area contributed by atoms with Crippen LogP contribution in [0.25, 0.3) is 0 Å². The van der Waals surface area contributed by atoms with Crippen LogP contribution in [0.3, 0.4) is 0 Å². The third-order valence-corrected chi connectivity index (χ3v) is 5.66. The SMILES string of the molecule is O=C(c1ccc(Br)s1)N1C2CCC1CC(Cl)C2. The minimum atomic E-state index is 0.191. The van der Waals surface area contributed by atoms with E-state index >= 15 is 0 Å². The molecule has 1 aromatic heterocycles. The first-order chi connectivity index (χ1) is 8.15. The summed E-state index contributed by atoms with van der Waals surface area (Å²) in [6.07, 6.45) is 4.14. The van der Waals surface area contributed by atoms with Crippen LogP contribution >= 0.6 is 38.9 Å². The maximum absolute atomic E-state index is 12.5. The van der Waals surface area contributed by atoms with Crippen molar-refractivity contribution < 1.29 is 4.79 Å². The zero-order chi connectivity index (χ0) is 12.0. The highest BCUT2D eigenvalue weighted by Gasteiger charge is 2.43. The van der Waals surface area contributed by atoms with E-state index in [4.69, 9.17) is 11.6 Å². The number of nitrogens with zero attached hydrogens (tertiary/aromatic N) is 1. The first-order valence-electron chi connectivity index (χ1n) is 5.87. The first-order valence-corrected chi connectivity index (χ1v) is 7.92. The van der Waals surface area contributed by atoms with Gasteiger partial charge in [-0.2, -0.15) is 0 Å². The molecular weight excluding hydrogens is 322 g/mol. The zero-order valence-electron chi connectivity index (χ0n) is 9.23. The van der Waals surface area contributed by atoms with Gasteiger partial charge in [-0.1, -0.05) is 0 Å². The number of carbonyl (C=O) groups is 1. The van der Waals surface area contributed by atoms with Crippen LogP contribution in [0.2, 0.25) is 0 Å². The number of fused-ring (bicyclic) bond motifs is 2. The topological polar surface area (TPSA) is 20.3 Å². The molecule has 3 heterocycles. The molecule has 0 N–H and O–H groups in total. The fraction of sp³-hybridized carbons (Fsp3) is 0.583. The van der Waals surface area contributed by atoms with Crippen molar-refractivity contribution in [3.63, 3.8) is 0 Å². The van der Waals surface area contributed by atoms with Crippen molar-refractivity contribution in [2.75, 3.05) is 0 Å². The molecule has 2 nitrogen and oxygen atoms in total. The first kappa shape index (κ1) is 12.0. The molecule has 2 saturated heterocycles. The van der Waals surface area contributed by atoms with Gasteiger partial charge in [0, 0.05) is 17.5 Å². The van der Waals surface area contributed by atoms with E-state index in [1.165, 1.54) is 11.3 Å². The number of carbonyl (C=O) groups excluding carboxylic acids is 1. The molecule has 0 radical (unpaired) electrons. The van der Waals surface area contributed by atoms with E-state index < -0.39 is 0 Å². The summed E-state index contributed by atoms with van der Waals surface area (Å²) in [7, 11) is 0. The summed E-state index contributed by atoms with van der Waals surface area (Å²) in [5.41, 5.74) is 0. The number of piperidine rings is 1. The van der Waals surface area contributed by atoms with Gasteiger partial charge in [-0.3, -0.25) is 4.79 Å². The Hall–Kier alpha value is -0.0600. The second-order valence-corrected chi connectivity index (χ2v) is 7.85. The van der Waals surface area contributed by atoms with E-state index in [1.807, 2.05) is 12.1 Å². The Kier molecular flexibility index (Phi) is 3.22. The lowest BCUT2D eigenvalue weighted by Gasteiger charge is -2.36. The van der Waals surface area contributed by atoms with E-state index in [9.17, 15) is 4.79 Å². The number of thiophene rings is 1. The third kappa shape index (κ3) is 2.15. The molecule has 1 aromatic rings. The van der Waals surface area contributed by atoms with Crippen molar-refractivity contribution in [2.24, 2.45) is 0 Å². The average Bonchev–Trinajstić information content (AvgIpc) is 2.81. The van der Waals surface area contributed by atoms with Crippen LogP contribution in [0.5, 0.6) is 0 Å². The molecule has 2 bridgehead atoms. The van der Waals surface area contributed by atoms with Crippen molar-refractivity contribution in [1.29, 1.82) is 0 Å². The summed E-state index contributed by atoms with van der Waals surface area (Å²) < 4.78 is 1.01. The average molecular weight is 335 g/mol. The van der Waals surface area contributed by atoms with Gasteiger partial charge in [-0.15, -0.1) is 22.9 Å². The number of alkyl halides is 1. The Labute approximate surface area is 118 Å². The Morgan fingerprint density at radius 1 is 1.35 bits per heavy atom. The van der Waals surface area contributed by atoms with Gasteiger partial charge in [-0.25, -0.2) is 0 Å². The fourth-order valence-electron chi connectivity index (χ4n) is 3.00. The Bertz CT molecular complexity index is 435. The molecule has 0 spiro atoms. The normalized spacial score (nSPS) is 31.9. The minimum absolute atomic E-state index is 0.191. The van der Waals surface area contributed by atoms with Gasteiger partial charge in [0.2, 0.25) is 0 Å². The van der Waals surface area contributed by atoms with Gasteiger partial charge in [0.15, 0.2) is 0 Å². The summed E-state index contributed by atoms with van der Waals surface area (Å²) in [5, 5.41) is 0.256. The van der Waals surface area contributed by atoms with Crippen LogP contribution in [0.15, 0.2) is 15.9 Å². The number of hydrogen-bond acceptors (Lipinski definition) is 2. The fourth-order valence-corrected chi connectivity index (χ4v) is 4.74. The highest BCUT2D eigenvalue weighted by Crippen LogP contribution is 2.39. The van der Waals surface area contributed by atoms with Crippen LogP contribution in [-0.2, 0) is 0 Å². The van der Waals surface area contributed by atoms with Crippen LogP contribution in [0.1, 0.15) is 35.4 Å². The monoisotopic (exact) mass is 333 g/mol. The van der Waals surface area contributed by atoms with Gasteiger partial charge in [0.1, 0.15) is 0 Å². The second kappa shape index (κ2) is 4.56. The van der Waals surface area contributed by atoms with Gasteiger partial charge >= 0.3 is 0 Å². The van der Waals surface area contributed by atoms with Gasteiger partial charge in [-0.05, 0) is 53.7 Å². The number of hydrogen-bond donors (Lipinski definition) is 0. The summed E-state index contributed by atoms with van der Waals surface area (Å²) in [5.74, 6) is 0.191. The maximum atomic E-state index is 12.5. The van der Waals surface area contributed by atoms with Crippen molar-refractivity contribution in [2.45, 2.75) is 43.1 Å². The van der Waals surface area contributed by atoms with E-state index in [2.05, 4.69) is 20.8 Å². The third-order valence-electron chi connectivity index (χ3n) is 3.69. The summed E-state index contributed by atoms with van der Waals surface area (Å²) in [4.78, 5) is 15.4. The molecule has 92 valence electrons. The van der Waals surface area contributed by atoms with Crippen molar-refractivity contribution in [1.82, 2.24) is 4.90 Å². The molecule has 2 aliphatic rings. The predicted octanol–water partition coefficient (Wildman–Crippen LogP) is 3.89. The predicted molar refractivity (Wildman–Crippen MR) is 73.9 cm³/mol. The Balaban J connectivity index is 1.83. The van der Waals surface area contributed by atoms with Crippen LogP contribution in [0.4, 0.5) is 0 Å². The lowest BCUT2D eigenvalue weighted by molar-refractivity contribution is 0.0604. The van der Waals surface area contributed by atoms with Gasteiger partial charge in [0.25, 0.3) is 5.91 Å². The minimum Gasteiger partial charge on any atom is -0.332 e. The molecule has 2 aliphatic heterocycles. The van der Waals surface area contributed by atoms with Crippen LogP contribution < -0.4 is 0 Å². The van der Waals surface area contributed by atoms with Gasteiger partial charge < -0.3 is 4.90 Å². The van der Waals surface area contributed by atoms with E-state index in [1.54, 1.807) is 0 Å². The second-order valence-electron chi connectivity index (χ2n) is 4.77. The number of amides is 1. The molecule has 17 heavy (non-hydrogen) atoms. The number of halogens is 2. The Morgan fingerprint density at radius 2 is 2.00 bits per heavy atom. The van der Waals surface area contributed by atoms with Crippen LogP contribution in [-0.4, -0.2) is 28.3 Å². The van der Waals surface area contributed by atoms with Crippen molar-refractivity contribution in [3.05, 3.63) is 20.8 Å². The van der Waals surface area contributed by atoms with Crippen LogP contribution in [0, 0.1) is 0 Å². The summed E-state index contributed by atoms with van der Waals surface area (Å²) in [6, 6.07) is 4.58. The molecule has 0 aromatic carbocycles. The van der Waals surface area contributed by atoms with Crippen molar-refractivity contribution in [3.8, 4) is 0 Å². The lowest BCUT2D eigenvalue weighted by atomic mass is 10.0. The summed E-state index contributed by atoms with van der Waals surface area (Å²) >= 11 is 11.1. The van der Waals surface area contributed by atoms with E-state index in [-0.39, 0.29) is 11.3 Å². The molecule has 3 rings (SSSR count). The molecule has 5 heteroatoms. The molecule has 0 saturated carbocycles. The largest absolute Gasteiger partial charge is 0.332 e. The molecule has 0 aliphatic carbocycles. The molecular formula is C12H13BrClNOS. The standard InChI is InChI=1S/C12H13BrClNOS/c13-11-4-3-10(17-11)12(16)15-8-1-2-9(15)6-7(14)5-8/h3-4,7-9H,1-2,5-6H2. The maximum Gasteiger partial charge on any atom is 0.264 e. The molecule has 2 atom stereocenters. The number of rotatable bonds is 1. The van der Waals surface area contributed by atoms with E-state index in [0.717, 1.165) is 34.3 Å². The molecule has 2 fully saturated rings.